The molecule has 4 nitrogen and oxygen atoms in total. The van der Waals surface area contributed by atoms with Crippen molar-refractivity contribution < 1.29 is 14.2 Å². The first-order valence-corrected chi connectivity index (χ1v) is 6.70. The van der Waals surface area contributed by atoms with E-state index in [0.29, 0.717) is 17.1 Å². The first-order valence-electron chi connectivity index (χ1n) is 6.70. The molecule has 0 aliphatic heterocycles. The van der Waals surface area contributed by atoms with E-state index in [4.69, 9.17) is 14.2 Å². The molecule has 4 heteroatoms. The Morgan fingerprint density at radius 1 is 0.909 bits per heavy atom. The second kappa shape index (κ2) is 7.19. The summed E-state index contributed by atoms with van der Waals surface area (Å²) in [5.74, 6) is 2.11. The molecule has 0 N–H and O–H groups in total. The van der Waals surface area contributed by atoms with Crippen LogP contribution in [0.2, 0.25) is 0 Å². The molecule has 2 aromatic carbocycles. The van der Waals surface area contributed by atoms with Crippen molar-refractivity contribution in [2.75, 3.05) is 21.3 Å². The highest BCUT2D eigenvalue weighted by Crippen LogP contribution is 2.28. The van der Waals surface area contributed by atoms with Crippen LogP contribution in [0.3, 0.4) is 0 Å². The quantitative estimate of drug-likeness (QED) is 0.622. The van der Waals surface area contributed by atoms with Crippen molar-refractivity contribution in [1.82, 2.24) is 0 Å². The smallest absolute Gasteiger partial charge is 0.129 e. The van der Waals surface area contributed by atoms with Gasteiger partial charge in [-0.15, -0.1) is 0 Å². The van der Waals surface area contributed by atoms with Gasteiger partial charge in [-0.2, -0.15) is 5.26 Å². The zero-order chi connectivity index (χ0) is 15.9. The van der Waals surface area contributed by atoms with E-state index in [2.05, 4.69) is 6.07 Å². The predicted molar refractivity (Wildman–Crippen MR) is 86.0 cm³/mol. The fraction of sp³-hybridized carbons (Fsp3) is 0.167. The van der Waals surface area contributed by atoms with Crippen LogP contribution in [0, 0.1) is 11.3 Å². The summed E-state index contributed by atoms with van der Waals surface area (Å²) in [5, 5.41) is 9.42. The van der Waals surface area contributed by atoms with Crippen LogP contribution < -0.4 is 14.2 Å². The average molecular weight is 295 g/mol. The third kappa shape index (κ3) is 3.39. The van der Waals surface area contributed by atoms with Crippen LogP contribution in [0.5, 0.6) is 17.2 Å². The van der Waals surface area contributed by atoms with Crippen molar-refractivity contribution in [2.24, 2.45) is 0 Å². The SMILES string of the molecule is COc1ccc(/C(C#N)=C/c2ccc(OC)cc2OC)cc1. The van der Waals surface area contributed by atoms with Crippen LogP contribution in [-0.4, -0.2) is 21.3 Å². The van der Waals surface area contributed by atoms with Gasteiger partial charge in [0.1, 0.15) is 17.2 Å². The third-order valence-electron chi connectivity index (χ3n) is 3.26. The van der Waals surface area contributed by atoms with Crippen LogP contribution in [-0.2, 0) is 0 Å². The van der Waals surface area contributed by atoms with Crippen molar-refractivity contribution >= 4 is 11.6 Å². The number of hydrogen-bond donors (Lipinski definition) is 0. The summed E-state index contributed by atoms with van der Waals surface area (Å²) in [5.41, 5.74) is 2.18. The van der Waals surface area contributed by atoms with Gasteiger partial charge in [0.2, 0.25) is 0 Å². The molecular weight excluding hydrogens is 278 g/mol. The molecule has 0 bridgehead atoms. The summed E-state index contributed by atoms with van der Waals surface area (Å²) in [6.07, 6.45) is 1.79. The lowest BCUT2D eigenvalue weighted by Gasteiger charge is -2.08. The number of ether oxygens (including phenoxy) is 3. The summed E-state index contributed by atoms with van der Waals surface area (Å²) in [7, 11) is 4.80. The van der Waals surface area contributed by atoms with Gasteiger partial charge >= 0.3 is 0 Å². The Hall–Kier alpha value is -2.93. The molecule has 0 unspecified atom stereocenters. The van der Waals surface area contributed by atoms with Crippen molar-refractivity contribution in [2.45, 2.75) is 0 Å². The van der Waals surface area contributed by atoms with Crippen LogP contribution >= 0.6 is 0 Å². The maximum atomic E-state index is 9.42. The van der Waals surface area contributed by atoms with Crippen molar-refractivity contribution in [3.63, 3.8) is 0 Å². The second-order valence-corrected chi connectivity index (χ2v) is 4.51. The summed E-state index contributed by atoms with van der Waals surface area (Å²) in [4.78, 5) is 0. The van der Waals surface area contributed by atoms with E-state index in [9.17, 15) is 5.26 Å². The largest absolute Gasteiger partial charge is 0.497 e. The fourth-order valence-electron chi connectivity index (χ4n) is 2.04. The van der Waals surface area contributed by atoms with Gasteiger partial charge < -0.3 is 14.2 Å². The lowest BCUT2D eigenvalue weighted by atomic mass is 10.0. The second-order valence-electron chi connectivity index (χ2n) is 4.51. The Morgan fingerprint density at radius 3 is 2.09 bits per heavy atom. The van der Waals surface area contributed by atoms with E-state index >= 15 is 0 Å². The predicted octanol–water partition coefficient (Wildman–Crippen LogP) is 3.78. The molecule has 0 amide bonds. The Morgan fingerprint density at radius 2 is 1.55 bits per heavy atom. The van der Waals surface area contributed by atoms with Crippen LogP contribution in [0.1, 0.15) is 11.1 Å². The minimum Gasteiger partial charge on any atom is -0.497 e. The summed E-state index contributed by atoms with van der Waals surface area (Å²) in [6.45, 7) is 0. The molecule has 0 aliphatic carbocycles. The number of nitriles is 1. The van der Waals surface area contributed by atoms with E-state index in [1.165, 1.54) is 0 Å². The van der Waals surface area contributed by atoms with Gasteiger partial charge in [0.15, 0.2) is 0 Å². The fourth-order valence-corrected chi connectivity index (χ4v) is 2.04. The highest BCUT2D eigenvalue weighted by Gasteiger charge is 2.06. The Labute approximate surface area is 130 Å². The number of rotatable bonds is 5. The lowest BCUT2D eigenvalue weighted by Crippen LogP contribution is -1.91. The molecular formula is C18H17NO3. The zero-order valence-corrected chi connectivity index (χ0v) is 12.8. The van der Waals surface area contributed by atoms with Gasteiger partial charge in [-0.25, -0.2) is 0 Å². The normalized spacial score (nSPS) is 10.7. The van der Waals surface area contributed by atoms with Crippen molar-refractivity contribution in [3.05, 3.63) is 53.6 Å². The van der Waals surface area contributed by atoms with E-state index < -0.39 is 0 Å². The first-order chi connectivity index (χ1) is 10.7. The van der Waals surface area contributed by atoms with E-state index in [0.717, 1.165) is 16.9 Å². The summed E-state index contributed by atoms with van der Waals surface area (Å²) in [6, 6.07) is 15.0. The Bertz CT molecular complexity index is 712. The number of allylic oxidation sites excluding steroid dienone is 1. The molecule has 0 aromatic heterocycles. The van der Waals surface area contributed by atoms with Crippen LogP contribution in [0.15, 0.2) is 42.5 Å². The molecule has 0 saturated carbocycles. The molecule has 2 rings (SSSR count). The number of benzene rings is 2. The Kier molecular flexibility index (Phi) is 5.05. The number of nitrogens with zero attached hydrogens (tertiary/aromatic N) is 1. The maximum Gasteiger partial charge on any atom is 0.129 e. The molecule has 0 atom stereocenters. The highest BCUT2D eigenvalue weighted by molar-refractivity contribution is 5.90. The summed E-state index contributed by atoms with van der Waals surface area (Å²) >= 11 is 0. The van der Waals surface area contributed by atoms with Gasteiger partial charge in [0.05, 0.1) is 33.0 Å². The molecule has 0 saturated heterocycles. The van der Waals surface area contributed by atoms with Crippen molar-refractivity contribution in [1.29, 1.82) is 5.26 Å². The van der Waals surface area contributed by atoms with Gasteiger partial charge in [-0.3, -0.25) is 0 Å². The molecule has 0 heterocycles. The third-order valence-corrected chi connectivity index (χ3v) is 3.26. The molecule has 2 aromatic rings. The van der Waals surface area contributed by atoms with Crippen LogP contribution in [0.25, 0.3) is 11.6 Å². The summed E-state index contributed by atoms with van der Waals surface area (Å²) < 4.78 is 15.7. The minimum absolute atomic E-state index is 0.547. The molecule has 112 valence electrons. The van der Waals surface area contributed by atoms with Crippen molar-refractivity contribution in [3.8, 4) is 23.3 Å². The van der Waals surface area contributed by atoms with E-state index in [1.54, 1.807) is 33.5 Å². The molecule has 22 heavy (non-hydrogen) atoms. The monoisotopic (exact) mass is 295 g/mol. The topological polar surface area (TPSA) is 51.5 Å². The zero-order valence-electron chi connectivity index (χ0n) is 12.8. The number of methoxy groups -OCH3 is 3. The molecule has 0 radical (unpaired) electrons. The first kappa shape index (κ1) is 15.5. The van der Waals surface area contributed by atoms with Gasteiger partial charge in [0, 0.05) is 11.6 Å². The highest BCUT2D eigenvalue weighted by atomic mass is 16.5. The van der Waals surface area contributed by atoms with Crippen LogP contribution in [0.4, 0.5) is 0 Å². The van der Waals surface area contributed by atoms with E-state index in [1.807, 2.05) is 36.4 Å². The number of hydrogen-bond acceptors (Lipinski definition) is 4. The minimum atomic E-state index is 0.547. The molecule has 0 spiro atoms. The van der Waals surface area contributed by atoms with E-state index in [-0.39, 0.29) is 0 Å². The Balaban J connectivity index is 2.42. The lowest BCUT2D eigenvalue weighted by molar-refractivity contribution is 0.394. The molecule has 0 fully saturated rings. The average Bonchev–Trinajstić information content (AvgIpc) is 2.59. The van der Waals surface area contributed by atoms with Gasteiger partial charge in [-0.05, 0) is 48.0 Å². The van der Waals surface area contributed by atoms with Gasteiger partial charge in [0.25, 0.3) is 0 Å². The van der Waals surface area contributed by atoms with Gasteiger partial charge in [-0.1, -0.05) is 0 Å². The standard InChI is InChI=1S/C18H17NO3/c1-20-16-7-4-13(5-8-16)15(12-19)10-14-6-9-17(21-2)11-18(14)22-3/h4-11H,1-3H3/b15-10+. The maximum absolute atomic E-state index is 9.42. The molecule has 0 aliphatic rings.